The van der Waals surface area contributed by atoms with Crippen molar-refractivity contribution in [2.45, 2.75) is 30.7 Å². The van der Waals surface area contributed by atoms with E-state index in [4.69, 9.17) is 4.84 Å². The third-order valence-electron chi connectivity index (χ3n) is 4.45. The maximum Gasteiger partial charge on any atom is 0.356 e. The molecule has 9 heteroatoms. The first-order valence-corrected chi connectivity index (χ1v) is 10.1. The number of carboxylic acid groups (broad SMARTS) is 1. The molecule has 1 saturated carbocycles. The number of aromatic carboxylic acids is 1. The average molecular weight is 402 g/mol. The van der Waals surface area contributed by atoms with Crippen molar-refractivity contribution in [1.29, 1.82) is 0 Å². The smallest absolute Gasteiger partial charge is 0.356 e. The van der Waals surface area contributed by atoms with Crippen LogP contribution >= 0.6 is 0 Å². The Hall–Kier alpha value is -3.04. The van der Waals surface area contributed by atoms with Gasteiger partial charge in [-0.25, -0.2) is 17.9 Å². The molecule has 0 amide bonds. The van der Waals surface area contributed by atoms with Crippen molar-refractivity contribution in [1.82, 2.24) is 9.45 Å². The van der Waals surface area contributed by atoms with Crippen molar-refractivity contribution in [3.63, 3.8) is 0 Å². The van der Waals surface area contributed by atoms with Crippen LogP contribution in [0.5, 0.6) is 11.5 Å². The second kappa shape index (κ2) is 6.54. The second-order valence-electron chi connectivity index (χ2n) is 6.81. The molecule has 0 bridgehead atoms. The fourth-order valence-electron chi connectivity index (χ4n) is 2.91. The van der Waals surface area contributed by atoms with Crippen LogP contribution in [0.25, 0.3) is 10.9 Å². The number of rotatable bonds is 6. The highest BCUT2D eigenvalue weighted by Gasteiger charge is 2.30. The molecule has 0 spiro atoms. The van der Waals surface area contributed by atoms with Crippen molar-refractivity contribution in [3.05, 3.63) is 53.7 Å². The number of aromatic nitrogens is 1. The molecule has 0 unspecified atom stereocenters. The van der Waals surface area contributed by atoms with E-state index >= 15 is 0 Å². The van der Waals surface area contributed by atoms with Gasteiger partial charge in [-0.15, -0.1) is 0 Å². The van der Waals surface area contributed by atoms with E-state index in [1.165, 1.54) is 24.3 Å². The van der Waals surface area contributed by atoms with Crippen molar-refractivity contribution in [2.75, 3.05) is 0 Å². The second-order valence-corrected chi connectivity index (χ2v) is 8.49. The number of sulfonamides is 1. The molecule has 4 rings (SSSR count). The number of carboxylic acids is 1. The normalized spacial score (nSPS) is 14.3. The number of aryl methyl sites for hydroxylation is 1. The lowest BCUT2D eigenvalue weighted by Gasteiger charge is -2.13. The van der Waals surface area contributed by atoms with Crippen LogP contribution in [0.4, 0.5) is 0 Å². The molecule has 1 aliphatic rings. The van der Waals surface area contributed by atoms with Gasteiger partial charge in [0.25, 0.3) is 0 Å². The molecule has 1 aromatic heterocycles. The summed E-state index contributed by atoms with van der Waals surface area (Å²) in [4.78, 5) is 17.0. The number of hydrogen-bond donors (Lipinski definition) is 3. The number of benzene rings is 2. The first kappa shape index (κ1) is 18.3. The summed E-state index contributed by atoms with van der Waals surface area (Å²) in [5.41, 5.74) is 1.39. The summed E-state index contributed by atoms with van der Waals surface area (Å²) in [7, 11) is -3.91. The van der Waals surface area contributed by atoms with Crippen molar-refractivity contribution in [3.8, 4) is 11.5 Å². The van der Waals surface area contributed by atoms with Gasteiger partial charge in [-0.3, -0.25) is 0 Å². The molecular weight excluding hydrogens is 384 g/mol. The molecule has 0 aliphatic heterocycles. The number of phenolic OH excluding ortho intramolecular Hbond substituents is 1. The molecule has 1 aliphatic carbocycles. The van der Waals surface area contributed by atoms with Crippen molar-refractivity contribution in [2.24, 2.45) is 0 Å². The monoisotopic (exact) mass is 402 g/mol. The molecule has 146 valence electrons. The maximum atomic E-state index is 12.5. The zero-order chi connectivity index (χ0) is 20.1. The molecule has 28 heavy (non-hydrogen) atoms. The minimum Gasteiger partial charge on any atom is -0.507 e. The Morgan fingerprint density at radius 1 is 1.18 bits per heavy atom. The number of hydrogen-bond acceptors (Lipinski definition) is 5. The number of aromatic hydroxyl groups is 1. The molecule has 3 N–H and O–H groups in total. The number of nitrogens with one attached hydrogen (secondary N) is 1. The maximum absolute atomic E-state index is 12.5. The predicted octanol–water partition coefficient (Wildman–Crippen LogP) is 2.64. The Kier molecular flexibility index (Phi) is 4.28. The van der Waals surface area contributed by atoms with Crippen LogP contribution in [-0.4, -0.2) is 35.4 Å². The average Bonchev–Trinajstić information content (AvgIpc) is 3.35. The van der Waals surface area contributed by atoms with E-state index < -0.39 is 21.7 Å². The highest BCUT2D eigenvalue weighted by Crippen LogP contribution is 2.31. The third kappa shape index (κ3) is 3.41. The minimum absolute atomic E-state index is 0.0783. The highest BCUT2D eigenvalue weighted by atomic mass is 32.2. The van der Waals surface area contributed by atoms with Crippen LogP contribution in [0.2, 0.25) is 0 Å². The molecule has 8 nitrogen and oxygen atoms in total. The first-order chi connectivity index (χ1) is 13.2. The summed E-state index contributed by atoms with van der Waals surface area (Å²) in [5.74, 6) is -1.52. The van der Waals surface area contributed by atoms with Gasteiger partial charge >= 0.3 is 5.97 Å². The van der Waals surface area contributed by atoms with E-state index in [1.54, 1.807) is 6.07 Å². The van der Waals surface area contributed by atoms with Gasteiger partial charge in [0, 0.05) is 17.5 Å². The Bertz CT molecular complexity index is 1190. The summed E-state index contributed by atoms with van der Waals surface area (Å²) in [5, 5.41) is 20.2. The SMILES string of the molecule is Cc1ccc2c(c1)cc(C(=O)O)n2Oc1ccc(O)c(S(=O)(=O)NC2CC2)c1. The lowest BCUT2D eigenvalue weighted by molar-refractivity contribution is 0.0659. The minimum atomic E-state index is -3.91. The molecule has 2 aromatic carbocycles. The number of nitrogens with zero attached hydrogens (tertiary/aromatic N) is 1. The van der Waals surface area contributed by atoms with E-state index in [9.17, 15) is 23.4 Å². The van der Waals surface area contributed by atoms with Crippen LogP contribution < -0.4 is 9.56 Å². The first-order valence-electron chi connectivity index (χ1n) is 8.64. The Labute approximate surface area is 161 Å². The molecule has 3 aromatic rings. The predicted molar refractivity (Wildman–Crippen MR) is 101 cm³/mol. The van der Waals surface area contributed by atoms with Gasteiger partial charge in [-0.05, 0) is 50.1 Å². The van der Waals surface area contributed by atoms with E-state index in [1.807, 2.05) is 19.1 Å². The van der Waals surface area contributed by atoms with Gasteiger partial charge in [0.15, 0.2) is 11.4 Å². The molecule has 0 radical (unpaired) electrons. The van der Waals surface area contributed by atoms with E-state index in [-0.39, 0.29) is 22.4 Å². The van der Waals surface area contributed by atoms with Crippen LogP contribution in [0, 0.1) is 6.92 Å². The van der Waals surface area contributed by atoms with Gasteiger partial charge in [0.1, 0.15) is 10.6 Å². The van der Waals surface area contributed by atoms with Gasteiger partial charge in [0.05, 0.1) is 5.52 Å². The van der Waals surface area contributed by atoms with E-state index in [2.05, 4.69) is 4.72 Å². The zero-order valence-corrected chi connectivity index (χ0v) is 15.7. The fourth-order valence-corrected chi connectivity index (χ4v) is 4.33. The van der Waals surface area contributed by atoms with Crippen LogP contribution in [0.3, 0.4) is 0 Å². The summed E-state index contributed by atoms with van der Waals surface area (Å²) >= 11 is 0. The van der Waals surface area contributed by atoms with Crippen molar-refractivity contribution >= 4 is 26.9 Å². The third-order valence-corrected chi connectivity index (χ3v) is 6.00. The fraction of sp³-hybridized carbons (Fsp3) is 0.211. The largest absolute Gasteiger partial charge is 0.507 e. The van der Waals surface area contributed by atoms with Gasteiger partial charge < -0.3 is 15.1 Å². The topological polar surface area (TPSA) is 118 Å². The lowest BCUT2D eigenvalue weighted by atomic mass is 10.2. The molecule has 0 atom stereocenters. The highest BCUT2D eigenvalue weighted by molar-refractivity contribution is 7.89. The van der Waals surface area contributed by atoms with Crippen LogP contribution in [0.1, 0.15) is 28.9 Å². The summed E-state index contributed by atoms with van der Waals surface area (Å²) in [6, 6.07) is 10.5. The summed E-state index contributed by atoms with van der Waals surface area (Å²) < 4.78 is 28.5. The zero-order valence-electron chi connectivity index (χ0n) is 14.9. The Morgan fingerprint density at radius 3 is 2.61 bits per heavy atom. The number of phenols is 1. The summed E-state index contributed by atoms with van der Waals surface area (Å²) in [6.45, 7) is 1.89. The number of fused-ring (bicyclic) bond motifs is 1. The van der Waals surface area contributed by atoms with E-state index in [0.717, 1.165) is 23.1 Å². The molecule has 1 fully saturated rings. The van der Waals surface area contributed by atoms with E-state index in [0.29, 0.717) is 10.9 Å². The van der Waals surface area contributed by atoms with Crippen LogP contribution in [0.15, 0.2) is 47.4 Å². The Balaban J connectivity index is 1.76. The van der Waals surface area contributed by atoms with Gasteiger partial charge in [0.2, 0.25) is 10.0 Å². The lowest BCUT2D eigenvalue weighted by Crippen LogP contribution is -2.25. The Morgan fingerprint density at radius 2 is 1.93 bits per heavy atom. The van der Waals surface area contributed by atoms with Gasteiger partial charge in [-0.2, -0.15) is 4.73 Å². The molecular formula is C19H18N2O6S. The number of carbonyl (C=O) groups is 1. The standard InChI is InChI=1S/C19H18N2O6S/c1-11-2-6-15-12(8-11)9-16(19(23)24)21(15)27-14-5-7-17(22)18(10-14)28(25,26)20-13-3-4-13/h2,5-10,13,20,22H,3-4H2,1H3,(H,23,24). The molecule has 0 saturated heterocycles. The molecule has 1 heterocycles. The van der Waals surface area contributed by atoms with Crippen LogP contribution in [-0.2, 0) is 10.0 Å². The summed E-state index contributed by atoms with van der Waals surface area (Å²) in [6.07, 6.45) is 1.51. The van der Waals surface area contributed by atoms with Gasteiger partial charge in [-0.1, -0.05) is 11.6 Å². The van der Waals surface area contributed by atoms with Crippen molar-refractivity contribution < 1.29 is 28.3 Å². The quantitative estimate of drug-likeness (QED) is 0.583.